The van der Waals surface area contributed by atoms with Crippen LogP contribution in [0.2, 0.25) is 0 Å². The van der Waals surface area contributed by atoms with Gasteiger partial charge in [0, 0.05) is 36.7 Å². The van der Waals surface area contributed by atoms with Crippen LogP contribution in [0, 0.1) is 0 Å². The summed E-state index contributed by atoms with van der Waals surface area (Å²) < 4.78 is 2.27. The summed E-state index contributed by atoms with van der Waals surface area (Å²) in [5.41, 5.74) is 0. The summed E-state index contributed by atoms with van der Waals surface area (Å²) >= 11 is 1.86. The van der Waals surface area contributed by atoms with E-state index in [0.717, 1.165) is 37.1 Å². The van der Waals surface area contributed by atoms with Crippen molar-refractivity contribution in [1.29, 1.82) is 0 Å². The van der Waals surface area contributed by atoms with Crippen molar-refractivity contribution in [2.24, 2.45) is 4.99 Å². The van der Waals surface area contributed by atoms with E-state index in [1.54, 1.807) is 7.05 Å². The third-order valence-electron chi connectivity index (χ3n) is 4.46. The normalized spacial score (nSPS) is 15.3. The summed E-state index contributed by atoms with van der Waals surface area (Å²) in [6, 6.07) is 10.5. The fraction of sp³-hybridized carbons (Fsp3) is 0.526. The van der Waals surface area contributed by atoms with Crippen LogP contribution in [0.4, 0.5) is 0 Å². The van der Waals surface area contributed by atoms with Gasteiger partial charge in [0.1, 0.15) is 5.82 Å². The average Bonchev–Trinajstić information content (AvgIpc) is 2.89. The molecular formula is C19H29IN6S. The molecule has 0 amide bonds. The lowest BCUT2D eigenvalue weighted by atomic mass is 10.2. The number of hydrogen-bond donors (Lipinski definition) is 2. The largest absolute Gasteiger partial charge is 0.355 e. The molecule has 0 spiro atoms. The molecule has 2 heterocycles. The zero-order valence-electron chi connectivity index (χ0n) is 16.0. The van der Waals surface area contributed by atoms with Gasteiger partial charge in [0.15, 0.2) is 11.8 Å². The predicted molar refractivity (Wildman–Crippen MR) is 123 cm³/mol. The predicted octanol–water partition coefficient (Wildman–Crippen LogP) is 3.47. The Morgan fingerprint density at radius 3 is 2.78 bits per heavy atom. The first-order chi connectivity index (χ1) is 12.8. The lowest BCUT2D eigenvalue weighted by Gasteiger charge is -2.16. The fourth-order valence-corrected chi connectivity index (χ4v) is 4.02. The third kappa shape index (κ3) is 6.67. The van der Waals surface area contributed by atoms with E-state index in [2.05, 4.69) is 61.6 Å². The van der Waals surface area contributed by atoms with E-state index < -0.39 is 0 Å². The van der Waals surface area contributed by atoms with Crippen molar-refractivity contribution < 1.29 is 0 Å². The maximum atomic E-state index is 4.36. The van der Waals surface area contributed by atoms with Gasteiger partial charge in [0.05, 0.1) is 6.54 Å². The molecule has 1 aromatic carbocycles. The number of hydrogen-bond acceptors (Lipinski definition) is 4. The fourth-order valence-electron chi connectivity index (χ4n) is 3.07. The lowest BCUT2D eigenvalue weighted by Crippen LogP contribution is -2.40. The van der Waals surface area contributed by atoms with Gasteiger partial charge in [-0.15, -0.1) is 45.9 Å². The quantitative estimate of drug-likeness (QED) is 0.275. The van der Waals surface area contributed by atoms with Crippen LogP contribution in [0.3, 0.4) is 0 Å². The van der Waals surface area contributed by atoms with Gasteiger partial charge in [-0.2, -0.15) is 0 Å². The van der Waals surface area contributed by atoms with Crippen LogP contribution in [0.5, 0.6) is 0 Å². The highest BCUT2D eigenvalue weighted by Crippen LogP contribution is 2.21. The van der Waals surface area contributed by atoms with E-state index in [-0.39, 0.29) is 24.0 Å². The molecule has 0 saturated heterocycles. The van der Waals surface area contributed by atoms with E-state index >= 15 is 0 Å². The standard InChI is InChI=1S/C19H28N6S.HI/c1-15(26-16-9-5-3-6-10-16)13-21-19(20-2)22-14-18-24-23-17-11-7-4-8-12-25(17)18;/h3,5-6,9-10,15H,4,7-8,11-14H2,1-2H3,(H2,20,21,22);1H. The van der Waals surface area contributed by atoms with Gasteiger partial charge in [-0.25, -0.2) is 0 Å². The number of aliphatic imine (C=N–C) groups is 1. The van der Waals surface area contributed by atoms with Gasteiger partial charge >= 0.3 is 0 Å². The second-order valence-electron chi connectivity index (χ2n) is 6.54. The zero-order valence-corrected chi connectivity index (χ0v) is 19.2. The highest BCUT2D eigenvalue weighted by atomic mass is 127. The minimum Gasteiger partial charge on any atom is -0.355 e. The smallest absolute Gasteiger partial charge is 0.191 e. The first kappa shape index (κ1) is 22.0. The van der Waals surface area contributed by atoms with Crippen LogP contribution in [-0.4, -0.2) is 39.6 Å². The number of rotatable bonds is 6. The second kappa shape index (κ2) is 11.5. The van der Waals surface area contributed by atoms with Crippen molar-refractivity contribution in [2.45, 2.75) is 55.8 Å². The van der Waals surface area contributed by atoms with Crippen molar-refractivity contribution in [1.82, 2.24) is 25.4 Å². The number of guanidine groups is 1. The maximum Gasteiger partial charge on any atom is 0.191 e. The molecule has 8 heteroatoms. The van der Waals surface area contributed by atoms with E-state index in [1.807, 2.05) is 17.8 Å². The first-order valence-corrected chi connectivity index (χ1v) is 10.2. The summed E-state index contributed by atoms with van der Waals surface area (Å²) in [5, 5.41) is 15.9. The number of thioether (sulfide) groups is 1. The molecular weight excluding hydrogens is 471 g/mol. The highest BCUT2D eigenvalue weighted by Gasteiger charge is 2.14. The Balaban J connectivity index is 0.00000261. The van der Waals surface area contributed by atoms with Gasteiger partial charge in [-0.3, -0.25) is 4.99 Å². The molecule has 6 nitrogen and oxygen atoms in total. The molecule has 2 aromatic rings. The third-order valence-corrected chi connectivity index (χ3v) is 5.57. The molecule has 1 aromatic heterocycles. The molecule has 148 valence electrons. The number of aromatic nitrogens is 3. The van der Waals surface area contributed by atoms with Crippen molar-refractivity contribution in [2.75, 3.05) is 13.6 Å². The summed E-state index contributed by atoms with van der Waals surface area (Å²) in [7, 11) is 1.80. The number of nitrogens with zero attached hydrogens (tertiary/aromatic N) is 4. The van der Waals surface area contributed by atoms with Crippen LogP contribution < -0.4 is 10.6 Å². The minimum absolute atomic E-state index is 0. The van der Waals surface area contributed by atoms with E-state index in [0.29, 0.717) is 11.8 Å². The number of benzene rings is 1. The average molecular weight is 500 g/mol. The molecule has 3 rings (SSSR count). The SMILES string of the molecule is CN=C(NCc1nnc2n1CCCCC2)NCC(C)Sc1ccccc1.I. The molecule has 0 aliphatic carbocycles. The van der Waals surface area contributed by atoms with Gasteiger partial charge in [-0.1, -0.05) is 31.5 Å². The molecule has 1 aliphatic heterocycles. The van der Waals surface area contributed by atoms with Gasteiger partial charge < -0.3 is 15.2 Å². The van der Waals surface area contributed by atoms with Crippen LogP contribution >= 0.6 is 35.7 Å². The summed E-state index contributed by atoms with van der Waals surface area (Å²) in [5.74, 6) is 2.92. The Kier molecular flexibility index (Phi) is 9.40. The monoisotopic (exact) mass is 500 g/mol. The summed E-state index contributed by atoms with van der Waals surface area (Å²) in [6.07, 6.45) is 4.73. The van der Waals surface area contributed by atoms with Crippen molar-refractivity contribution in [3.63, 3.8) is 0 Å². The molecule has 1 aliphatic rings. The Hall–Kier alpha value is -1.29. The van der Waals surface area contributed by atoms with E-state index in [9.17, 15) is 0 Å². The number of halogens is 1. The number of fused-ring (bicyclic) bond motifs is 1. The number of aryl methyl sites for hydroxylation is 1. The van der Waals surface area contributed by atoms with Crippen molar-refractivity contribution in [3.8, 4) is 0 Å². The highest BCUT2D eigenvalue weighted by molar-refractivity contribution is 14.0. The van der Waals surface area contributed by atoms with E-state index in [4.69, 9.17) is 0 Å². The molecule has 0 bridgehead atoms. The molecule has 2 N–H and O–H groups in total. The topological polar surface area (TPSA) is 67.1 Å². The van der Waals surface area contributed by atoms with Gasteiger partial charge in [0.2, 0.25) is 0 Å². The Morgan fingerprint density at radius 2 is 2.00 bits per heavy atom. The molecule has 1 unspecified atom stereocenters. The zero-order chi connectivity index (χ0) is 18.2. The Morgan fingerprint density at radius 1 is 1.19 bits per heavy atom. The molecule has 1 atom stereocenters. The molecule has 0 fully saturated rings. The maximum absolute atomic E-state index is 4.36. The summed E-state index contributed by atoms with van der Waals surface area (Å²) in [4.78, 5) is 5.61. The Labute approximate surface area is 183 Å². The van der Waals surface area contributed by atoms with Crippen LogP contribution in [0.15, 0.2) is 40.2 Å². The lowest BCUT2D eigenvalue weighted by molar-refractivity contribution is 0.596. The van der Waals surface area contributed by atoms with Crippen LogP contribution in [-0.2, 0) is 19.5 Å². The van der Waals surface area contributed by atoms with Crippen LogP contribution in [0.1, 0.15) is 37.8 Å². The first-order valence-electron chi connectivity index (χ1n) is 9.33. The Bertz CT molecular complexity index is 718. The molecule has 0 saturated carbocycles. The molecule has 27 heavy (non-hydrogen) atoms. The summed E-state index contributed by atoms with van der Waals surface area (Å²) in [6.45, 7) is 4.73. The molecule has 0 radical (unpaired) electrons. The second-order valence-corrected chi connectivity index (χ2v) is 8.05. The van der Waals surface area contributed by atoms with Gasteiger partial charge in [-0.05, 0) is 25.0 Å². The van der Waals surface area contributed by atoms with Crippen LogP contribution in [0.25, 0.3) is 0 Å². The van der Waals surface area contributed by atoms with Crippen molar-refractivity contribution in [3.05, 3.63) is 42.0 Å². The van der Waals surface area contributed by atoms with Gasteiger partial charge in [0.25, 0.3) is 0 Å². The minimum atomic E-state index is 0. The van der Waals surface area contributed by atoms with Crippen molar-refractivity contribution >= 4 is 41.7 Å². The van der Waals surface area contributed by atoms with E-state index in [1.165, 1.54) is 24.2 Å². The number of nitrogens with one attached hydrogen (secondary N) is 2.